The van der Waals surface area contributed by atoms with Crippen molar-refractivity contribution in [3.05, 3.63) is 30.1 Å². The molecule has 2 nitrogen and oxygen atoms in total. The second-order valence-electron chi connectivity index (χ2n) is 2.90. The standard InChI is InChI=1S/C9H14N2/c1-7(8(2)10)9-5-3-4-6-11-9/h3-8H,10H2,1-2H3. The fourth-order valence-corrected chi connectivity index (χ4v) is 0.915. The number of pyridine rings is 1. The highest BCUT2D eigenvalue weighted by atomic mass is 14.7. The largest absolute Gasteiger partial charge is 0.327 e. The smallest absolute Gasteiger partial charge is 0.0447 e. The molecule has 0 radical (unpaired) electrons. The predicted octanol–water partition coefficient (Wildman–Crippen LogP) is 1.53. The third kappa shape index (κ3) is 2.02. The fraction of sp³-hybridized carbons (Fsp3) is 0.444. The van der Waals surface area contributed by atoms with Crippen LogP contribution >= 0.6 is 0 Å². The zero-order valence-electron chi connectivity index (χ0n) is 6.99. The number of nitrogens with two attached hydrogens (primary N) is 1. The molecule has 1 aromatic heterocycles. The van der Waals surface area contributed by atoms with E-state index in [1.165, 1.54) is 0 Å². The molecule has 2 unspecified atom stereocenters. The average Bonchev–Trinajstić information content (AvgIpc) is 2.05. The third-order valence-corrected chi connectivity index (χ3v) is 1.94. The van der Waals surface area contributed by atoms with Crippen molar-refractivity contribution in [2.75, 3.05) is 0 Å². The third-order valence-electron chi connectivity index (χ3n) is 1.94. The zero-order chi connectivity index (χ0) is 8.27. The second kappa shape index (κ2) is 3.49. The van der Waals surface area contributed by atoms with Gasteiger partial charge in [-0.1, -0.05) is 13.0 Å². The van der Waals surface area contributed by atoms with Crippen LogP contribution in [-0.4, -0.2) is 11.0 Å². The molecular weight excluding hydrogens is 136 g/mol. The highest BCUT2D eigenvalue weighted by molar-refractivity contribution is 5.09. The van der Waals surface area contributed by atoms with Gasteiger partial charge in [0.1, 0.15) is 0 Å². The lowest BCUT2D eigenvalue weighted by molar-refractivity contribution is 0.598. The van der Waals surface area contributed by atoms with Gasteiger partial charge in [0.05, 0.1) is 0 Å². The van der Waals surface area contributed by atoms with Crippen LogP contribution in [-0.2, 0) is 0 Å². The summed E-state index contributed by atoms with van der Waals surface area (Å²) in [6, 6.07) is 6.08. The van der Waals surface area contributed by atoms with E-state index in [2.05, 4.69) is 11.9 Å². The van der Waals surface area contributed by atoms with E-state index in [1.807, 2.05) is 25.1 Å². The summed E-state index contributed by atoms with van der Waals surface area (Å²) in [5.41, 5.74) is 6.80. The molecule has 1 rings (SSSR count). The first-order chi connectivity index (χ1) is 5.22. The molecule has 0 amide bonds. The van der Waals surface area contributed by atoms with E-state index in [4.69, 9.17) is 5.73 Å². The Hall–Kier alpha value is -0.890. The van der Waals surface area contributed by atoms with Crippen molar-refractivity contribution < 1.29 is 0 Å². The van der Waals surface area contributed by atoms with Gasteiger partial charge in [-0.05, 0) is 19.1 Å². The van der Waals surface area contributed by atoms with Gasteiger partial charge in [0, 0.05) is 23.9 Å². The molecule has 0 spiro atoms. The van der Waals surface area contributed by atoms with Gasteiger partial charge in [0.25, 0.3) is 0 Å². The molecule has 0 aliphatic carbocycles. The Labute approximate surface area is 67.5 Å². The van der Waals surface area contributed by atoms with Crippen LogP contribution in [0.1, 0.15) is 25.5 Å². The fourth-order valence-electron chi connectivity index (χ4n) is 0.915. The molecule has 0 aliphatic heterocycles. The first-order valence-corrected chi connectivity index (χ1v) is 3.88. The second-order valence-corrected chi connectivity index (χ2v) is 2.90. The first-order valence-electron chi connectivity index (χ1n) is 3.88. The number of hydrogen-bond acceptors (Lipinski definition) is 2. The quantitative estimate of drug-likeness (QED) is 0.694. The van der Waals surface area contributed by atoms with E-state index in [-0.39, 0.29) is 6.04 Å². The van der Waals surface area contributed by atoms with Crippen LogP contribution in [0.4, 0.5) is 0 Å². The number of nitrogens with zero attached hydrogens (tertiary/aromatic N) is 1. The normalized spacial score (nSPS) is 15.9. The Morgan fingerprint density at radius 1 is 1.36 bits per heavy atom. The van der Waals surface area contributed by atoms with Crippen molar-refractivity contribution in [3.8, 4) is 0 Å². The molecule has 0 aromatic carbocycles. The maximum atomic E-state index is 5.73. The minimum absolute atomic E-state index is 0.171. The van der Waals surface area contributed by atoms with Gasteiger partial charge in [-0.25, -0.2) is 0 Å². The molecule has 0 saturated carbocycles. The zero-order valence-corrected chi connectivity index (χ0v) is 6.99. The van der Waals surface area contributed by atoms with Crippen LogP contribution in [0.5, 0.6) is 0 Å². The molecular formula is C9H14N2. The van der Waals surface area contributed by atoms with Crippen LogP contribution < -0.4 is 5.73 Å². The molecule has 11 heavy (non-hydrogen) atoms. The summed E-state index contributed by atoms with van der Waals surface area (Å²) in [6.45, 7) is 4.09. The van der Waals surface area contributed by atoms with Gasteiger partial charge >= 0.3 is 0 Å². The Morgan fingerprint density at radius 2 is 2.09 bits per heavy atom. The Bertz CT molecular complexity index is 206. The maximum Gasteiger partial charge on any atom is 0.0447 e. The lowest BCUT2D eigenvalue weighted by Crippen LogP contribution is -2.22. The molecule has 1 aromatic rings. The summed E-state index contributed by atoms with van der Waals surface area (Å²) < 4.78 is 0. The summed E-state index contributed by atoms with van der Waals surface area (Å²) in [7, 11) is 0. The highest BCUT2D eigenvalue weighted by Crippen LogP contribution is 2.13. The number of aromatic nitrogens is 1. The Morgan fingerprint density at radius 3 is 2.55 bits per heavy atom. The van der Waals surface area contributed by atoms with Gasteiger partial charge in [-0.15, -0.1) is 0 Å². The summed E-state index contributed by atoms with van der Waals surface area (Å²) in [6.07, 6.45) is 1.80. The van der Waals surface area contributed by atoms with Crippen LogP contribution in [0.15, 0.2) is 24.4 Å². The van der Waals surface area contributed by atoms with E-state index in [0.717, 1.165) is 5.69 Å². The molecule has 0 saturated heterocycles. The van der Waals surface area contributed by atoms with Gasteiger partial charge in [0.2, 0.25) is 0 Å². The SMILES string of the molecule is CC(N)C(C)c1ccccn1. The maximum absolute atomic E-state index is 5.73. The van der Waals surface area contributed by atoms with Crippen LogP contribution in [0.2, 0.25) is 0 Å². The van der Waals surface area contributed by atoms with E-state index >= 15 is 0 Å². The van der Waals surface area contributed by atoms with E-state index < -0.39 is 0 Å². The van der Waals surface area contributed by atoms with Crippen molar-refractivity contribution >= 4 is 0 Å². The Kier molecular flexibility index (Phi) is 2.60. The summed E-state index contributed by atoms with van der Waals surface area (Å²) in [5.74, 6) is 0.344. The highest BCUT2D eigenvalue weighted by Gasteiger charge is 2.09. The Balaban J connectivity index is 2.77. The molecule has 60 valence electrons. The van der Waals surface area contributed by atoms with Gasteiger partial charge in [0.15, 0.2) is 0 Å². The van der Waals surface area contributed by atoms with Crippen LogP contribution in [0.25, 0.3) is 0 Å². The van der Waals surface area contributed by atoms with Crippen molar-refractivity contribution in [1.29, 1.82) is 0 Å². The van der Waals surface area contributed by atoms with Crippen molar-refractivity contribution in [1.82, 2.24) is 4.98 Å². The van der Waals surface area contributed by atoms with Crippen LogP contribution in [0, 0.1) is 0 Å². The predicted molar refractivity (Wildman–Crippen MR) is 46.3 cm³/mol. The molecule has 2 atom stereocenters. The van der Waals surface area contributed by atoms with Crippen LogP contribution in [0.3, 0.4) is 0 Å². The summed E-state index contributed by atoms with van der Waals surface area (Å²) in [4.78, 5) is 4.22. The van der Waals surface area contributed by atoms with E-state index in [1.54, 1.807) is 6.20 Å². The van der Waals surface area contributed by atoms with E-state index in [9.17, 15) is 0 Å². The molecule has 1 heterocycles. The van der Waals surface area contributed by atoms with Gasteiger partial charge < -0.3 is 5.73 Å². The lowest BCUT2D eigenvalue weighted by Gasteiger charge is -2.13. The topological polar surface area (TPSA) is 38.9 Å². The molecule has 2 heteroatoms. The average molecular weight is 150 g/mol. The van der Waals surface area contributed by atoms with Gasteiger partial charge in [-0.3, -0.25) is 4.98 Å². The summed E-state index contributed by atoms with van der Waals surface area (Å²) in [5, 5.41) is 0. The van der Waals surface area contributed by atoms with Crippen molar-refractivity contribution in [3.63, 3.8) is 0 Å². The molecule has 0 aliphatic rings. The number of hydrogen-bond donors (Lipinski definition) is 1. The number of rotatable bonds is 2. The van der Waals surface area contributed by atoms with Crippen molar-refractivity contribution in [2.45, 2.75) is 25.8 Å². The molecule has 0 fully saturated rings. The van der Waals surface area contributed by atoms with Crippen molar-refractivity contribution in [2.24, 2.45) is 5.73 Å². The monoisotopic (exact) mass is 150 g/mol. The lowest BCUT2D eigenvalue weighted by atomic mass is 10.0. The minimum atomic E-state index is 0.171. The summed E-state index contributed by atoms with van der Waals surface area (Å²) >= 11 is 0. The first kappa shape index (κ1) is 8.21. The van der Waals surface area contributed by atoms with E-state index in [0.29, 0.717) is 5.92 Å². The molecule has 0 bridgehead atoms. The van der Waals surface area contributed by atoms with Gasteiger partial charge in [-0.2, -0.15) is 0 Å². The molecule has 2 N–H and O–H groups in total. The minimum Gasteiger partial charge on any atom is -0.327 e.